The largest absolute Gasteiger partial charge is 0.310 e. The third kappa shape index (κ3) is 16.1. The van der Waals surface area contributed by atoms with E-state index in [1.807, 2.05) is 34.0 Å². The molecule has 0 aliphatic carbocycles. The summed E-state index contributed by atoms with van der Waals surface area (Å²) in [5, 5.41) is 7.62. The number of hydrogen-bond donors (Lipinski definition) is 0. The van der Waals surface area contributed by atoms with Gasteiger partial charge in [-0.1, -0.05) is 273 Å². The van der Waals surface area contributed by atoms with E-state index in [-0.39, 0.29) is 0 Å². The Labute approximate surface area is 763 Å². The molecule has 9 heteroatoms. The van der Waals surface area contributed by atoms with E-state index in [1.54, 1.807) is 0 Å². The van der Waals surface area contributed by atoms with Crippen molar-refractivity contribution in [3.05, 3.63) is 510 Å². The number of para-hydroxylation sites is 8. The summed E-state index contributed by atoms with van der Waals surface area (Å²) in [5.74, 6) is 0. The average molecular weight is 1710 g/mol. The Morgan fingerprint density at radius 3 is 0.597 bits per heavy atom. The molecule has 0 saturated heterocycles. The highest BCUT2D eigenvalue weighted by atomic mass is 32.1. The molecule has 0 radical (unpaired) electrons. The van der Waals surface area contributed by atoms with Gasteiger partial charge in [-0.3, -0.25) is 0 Å². The van der Waals surface area contributed by atoms with Crippen molar-refractivity contribution in [1.29, 1.82) is 0 Å². The SMILES string of the molecule is c1ccc(-c2ccc(N(c3ccc(-c4cccc(N(c5ccccc5)c5ccccc5)c4)cc3)c3ccc4c(c3)sc3ccc(N(c5ccccc5)c5ccccc5)cc34)cc2)cc1.c1ccc(N(c2ccccc2)c2cccc(-c3ccc(N(c4ccc5c(c4)sc4ccccc45)c4ccc5c(c4)sc4ccc(N(c6ccccc6)c6ccccc6)cc45)cc3)c2)cc1. The summed E-state index contributed by atoms with van der Waals surface area (Å²) in [7, 11) is 0. The first-order chi connectivity index (χ1) is 63.9. The summed E-state index contributed by atoms with van der Waals surface area (Å²) in [6.45, 7) is 0. The van der Waals surface area contributed by atoms with Crippen LogP contribution in [-0.2, 0) is 0 Å². The molecule has 3 aromatic heterocycles. The van der Waals surface area contributed by atoms with Crippen molar-refractivity contribution in [1.82, 2.24) is 0 Å². The van der Waals surface area contributed by atoms with Gasteiger partial charge >= 0.3 is 0 Å². The Bertz CT molecular complexity index is 7680. The minimum Gasteiger partial charge on any atom is -0.310 e. The van der Waals surface area contributed by atoms with Gasteiger partial charge in [0.2, 0.25) is 0 Å². The van der Waals surface area contributed by atoms with Crippen LogP contribution in [-0.4, -0.2) is 0 Å². The molecule has 3 heterocycles. The average Bonchev–Trinajstić information content (AvgIpc) is 1.62. The summed E-state index contributed by atoms with van der Waals surface area (Å²) in [6.07, 6.45) is 0. The van der Waals surface area contributed by atoms with Crippen LogP contribution in [0, 0.1) is 0 Å². The zero-order chi connectivity index (χ0) is 85.8. The quantitative estimate of drug-likeness (QED) is 0.0709. The first kappa shape index (κ1) is 78.8. The number of hydrogen-bond acceptors (Lipinski definition) is 9. The van der Waals surface area contributed by atoms with Crippen LogP contribution in [0.5, 0.6) is 0 Å². The van der Waals surface area contributed by atoms with Crippen LogP contribution in [0.4, 0.5) is 102 Å². The Balaban J connectivity index is 0.000000152. The molecular weight excluding hydrogens is 1620 g/mol. The fourth-order valence-electron chi connectivity index (χ4n) is 17.9. The van der Waals surface area contributed by atoms with E-state index in [4.69, 9.17) is 0 Å². The smallest absolute Gasteiger partial charge is 0.0476 e. The normalized spacial score (nSPS) is 11.3. The molecule has 0 unspecified atom stereocenters. The first-order valence-corrected chi connectivity index (χ1v) is 46.0. The third-order valence-corrected chi connectivity index (χ3v) is 27.4. The topological polar surface area (TPSA) is 19.4 Å². The lowest BCUT2D eigenvalue weighted by Gasteiger charge is -2.27. The monoisotopic (exact) mass is 1700 g/mol. The molecule has 0 amide bonds. The first-order valence-electron chi connectivity index (χ1n) is 43.6. The molecule has 612 valence electrons. The highest BCUT2D eigenvalue weighted by molar-refractivity contribution is 7.26. The minimum absolute atomic E-state index is 1.09. The second-order valence-electron chi connectivity index (χ2n) is 32.0. The summed E-state index contributed by atoms with van der Waals surface area (Å²) in [5.41, 5.74) is 27.2. The molecule has 0 atom stereocenters. The molecule has 0 fully saturated rings. The Morgan fingerprint density at radius 2 is 0.287 bits per heavy atom. The van der Waals surface area contributed by atoms with Crippen LogP contribution in [0.1, 0.15) is 0 Å². The minimum atomic E-state index is 1.09. The van der Waals surface area contributed by atoms with E-state index >= 15 is 0 Å². The Morgan fingerprint density at radius 1 is 0.101 bits per heavy atom. The van der Waals surface area contributed by atoms with Gasteiger partial charge in [-0.15, -0.1) is 34.0 Å². The molecule has 23 aromatic rings. The maximum absolute atomic E-state index is 2.42. The van der Waals surface area contributed by atoms with Crippen LogP contribution in [0.3, 0.4) is 0 Å². The van der Waals surface area contributed by atoms with Gasteiger partial charge in [0.15, 0.2) is 0 Å². The van der Waals surface area contributed by atoms with Crippen LogP contribution < -0.4 is 29.4 Å². The molecule has 0 spiro atoms. The number of nitrogens with zero attached hydrogens (tertiary/aromatic N) is 6. The van der Waals surface area contributed by atoms with Crippen molar-refractivity contribution in [3.63, 3.8) is 0 Å². The maximum atomic E-state index is 2.42. The second kappa shape index (κ2) is 35.5. The van der Waals surface area contributed by atoms with Gasteiger partial charge in [-0.05, 0) is 270 Å². The zero-order valence-corrected chi connectivity index (χ0v) is 72.9. The number of anilines is 18. The van der Waals surface area contributed by atoms with Crippen molar-refractivity contribution in [3.8, 4) is 33.4 Å². The van der Waals surface area contributed by atoms with E-state index in [9.17, 15) is 0 Å². The van der Waals surface area contributed by atoms with Crippen molar-refractivity contribution < 1.29 is 0 Å². The molecule has 6 nitrogen and oxygen atoms in total. The molecule has 129 heavy (non-hydrogen) atoms. The van der Waals surface area contributed by atoms with Crippen LogP contribution in [0.15, 0.2) is 510 Å². The maximum Gasteiger partial charge on any atom is 0.0476 e. The van der Waals surface area contributed by atoms with E-state index < -0.39 is 0 Å². The summed E-state index contributed by atoms with van der Waals surface area (Å²) < 4.78 is 7.62. The predicted molar refractivity (Wildman–Crippen MR) is 556 cm³/mol. The summed E-state index contributed by atoms with van der Waals surface area (Å²) in [6, 6.07) is 183. The molecule has 23 rings (SSSR count). The van der Waals surface area contributed by atoms with Gasteiger partial charge < -0.3 is 29.4 Å². The summed E-state index contributed by atoms with van der Waals surface area (Å²) in [4.78, 5) is 14.1. The molecule has 0 bridgehead atoms. The Kier molecular flexibility index (Phi) is 21.7. The van der Waals surface area contributed by atoms with Gasteiger partial charge in [0.25, 0.3) is 0 Å². The van der Waals surface area contributed by atoms with E-state index in [2.05, 4.69) is 539 Å². The lowest BCUT2D eigenvalue weighted by molar-refractivity contribution is 1.28. The molecular formula is C120H84N6S3. The van der Waals surface area contributed by atoms with Crippen molar-refractivity contribution in [2.45, 2.75) is 0 Å². The Hall–Kier alpha value is -16.1. The molecule has 0 aliphatic rings. The van der Waals surface area contributed by atoms with Crippen molar-refractivity contribution in [2.24, 2.45) is 0 Å². The molecule has 20 aromatic carbocycles. The van der Waals surface area contributed by atoms with Gasteiger partial charge in [-0.25, -0.2) is 0 Å². The summed E-state index contributed by atoms with van der Waals surface area (Å²) >= 11 is 5.56. The van der Waals surface area contributed by atoms with E-state index in [0.717, 1.165) is 125 Å². The molecule has 0 aliphatic heterocycles. The lowest BCUT2D eigenvalue weighted by Crippen LogP contribution is -2.10. The van der Waals surface area contributed by atoms with Gasteiger partial charge in [0, 0.05) is 163 Å². The number of rotatable bonds is 21. The fourth-order valence-corrected chi connectivity index (χ4v) is 21.3. The van der Waals surface area contributed by atoms with Crippen molar-refractivity contribution >= 4 is 197 Å². The third-order valence-electron chi connectivity index (χ3n) is 24.0. The molecule has 0 saturated carbocycles. The van der Waals surface area contributed by atoms with Gasteiger partial charge in [0.05, 0.1) is 0 Å². The van der Waals surface area contributed by atoms with Crippen LogP contribution >= 0.6 is 34.0 Å². The number of fused-ring (bicyclic) bond motifs is 9. The van der Waals surface area contributed by atoms with Crippen molar-refractivity contribution in [2.75, 3.05) is 29.4 Å². The number of thiophene rings is 3. The lowest BCUT2D eigenvalue weighted by atomic mass is 10.0. The highest BCUT2D eigenvalue weighted by Crippen LogP contribution is 2.50. The van der Waals surface area contributed by atoms with Gasteiger partial charge in [0.1, 0.15) is 0 Å². The van der Waals surface area contributed by atoms with Crippen LogP contribution in [0.2, 0.25) is 0 Å². The highest BCUT2D eigenvalue weighted by Gasteiger charge is 2.24. The van der Waals surface area contributed by atoms with Gasteiger partial charge in [-0.2, -0.15) is 0 Å². The zero-order valence-electron chi connectivity index (χ0n) is 70.4. The standard InChI is InChI=1S/C60H41N3S2.C60H43N3S/c1-5-17-44(18-6-1)61(45-19-7-2-8-20-45)49-25-15-16-43(38-49)42-28-30-48(31-29-42)63(51-32-35-54-53-26-13-14-27-57(53)64-59(54)40-51)52-33-36-55-56-39-50(34-37-58(56)65-60(55)41-52)62(46-21-9-3-10-22-46)47-23-11-4-12-24-47;1-6-17-44(18-7-1)45-29-33-52(34-30-45)63(53-35-31-46(32-36-53)47-19-16-28-54(41-47)61(48-20-8-2-9-21-48)49-22-10-3-11-23-49)56-37-39-57-58-42-55(38-40-59(58)64-60(57)43-56)62(50-24-12-4-13-25-50)51-26-14-5-15-27-51/h1-41H;1-43H. The number of benzene rings is 20. The molecule has 0 N–H and O–H groups in total. The van der Waals surface area contributed by atoms with E-state index in [0.29, 0.717) is 0 Å². The second-order valence-corrected chi connectivity index (χ2v) is 35.3. The van der Waals surface area contributed by atoms with Crippen LogP contribution in [0.25, 0.3) is 93.9 Å². The fraction of sp³-hybridized carbons (Fsp3) is 0. The van der Waals surface area contributed by atoms with E-state index in [1.165, 1.54) is 71.6 Å². The predicted octanol–water partition coefficient (Wildman–Crippen LogP) is 36.3.